The Morgan fingerprint density at radius 2 is 2.12 bits per heavy atom. The minimum Gasteiger partial charge on any atom is -0.494 e. The van der Waals surface area contributed by atoms with Gasteiger partial charge < -0.3 is 15.9 Å². The monoisotopic (exact) mass is 389 g/mol. The Morgan fingerprint density at radius 3 is 2.81 bits per heavy atom. The molecule has 7 nitrogen and oxygen atoms in total. The lowest BCUT2D eigenvalue weighted by molar-refractivity contribution is -0.118. The van der Waals surface area contributed by atoms with Gasteiger partial charge in [0.2, 0.25) is 11.1 Å². The molecular weight excluding hydrogens is 370 g/mol. The van der Waals surface area contributed by atoms with Crippen LogP contribution in [0.1, 0.15) is 11.8 Å². The second-order valence-corrected chi connectivity index (χ2v) is 7.25. The molecule has 0 bridgehead atoms. The van der Waals surface area contributed by atoms with Crippen LogP contribution in [0.4, 0.5) is 0 Å². The lowest BCUT2D eigenvalue weighted by atomic mass is 10.2. The summed E-state index contributed by atoms with van der Waals surface area (Å²) in [5, 5.41) is 13.5. The Morgan fingerprint density at radius 1 is 1.31 bits per heavy atom. The van der Waals surface area contributed by atoms with Gasteiger partial charge in [-0.2, -0.15) is 0 Å². The predicted molar refractivity (Wildman–Crippen MR) is 104 cm³/mol. The first-order chi connectivity index (χ1) is 12.7. The van der Waals surface area contributed by atoms with Crippen LogP contribution in [0.15, 0.2) is 46.9 Å². The number of nitrogens with two attached hydrogens (primary N) is 1. The summed E-state index contributed by atoms with van der Waals surface area (Å²) in [6.45, 7) is 3.08. The van der Waals surface area contributed by atoms with Crippen molar-refractivity contribution in [2.24, 2.45) is 0 Å². The summed E-state index contributed by atoms with van der Waals surface area (Å²) in [6, 6.07) is 11.4. The van der Waals surface area contributed by atoms with E-state index in [1.807, 2.05) is 48.7 Å². The van der Waals surface area contributed by atoms with Crippen LogP contribution < -0.4 is 15.9 Å². The van der Waals surface area contributed by atoms with Crippen LogP contribution in [0.2, 0.25) is 0 Å². The van der Waals surface area contributed by atoms with E-state index in [1.165, 1.54) is 16.4 Å². The molecule has 0 spiro atoms. The predicted octanol–water partition coefficient (Wildman–Crippen LogP) is 2.53. The molecule has 3 N–H and O–H groups in total. The third-order valence-electron chi connectivity index (χ3n) is 3.46. The summed E-state index contributed by atoms with van der Waals surface area (Å²) in [4.78, 5) is 13.1. The number of nitrogens with one attached hydrogen (secondary N) is 1. The normalized spacial score (nSPS) is 10.7. The third kappa shape index (κ3) is 4.55. The number of carbonyl (C=O) groups excluding carboxylic acids is 1. The molecule has 26 heavy (non-hydrogen) atoms. The Hall–Kier alpha value is -2.52. The number of amides is 1. The molecular formula is C17H19N5O2S2. The summed E-state index contributed by atoms with van der Waals surface area (Å²) in [5.74, 6) is 7.56. The average Bonchev–Trinajstić information content (AvgIpc) is 3.29. The maximum Gasteiger partial charge on any atom is 0.230 e. The van der Waals surface area contributed by atoms with Crippen molar-refractivity contribution in [2.75, 3.05) is 18.2 Å². The average molecular weight is 390 g/mol. The van der Waals surface area contributed by atoms with E-state index < -0.39 is 0 Å². The number of hydrogen-bond donors (Lipinski definition) is 2. The van der Waals surface area contributed by atoms with Crippen molar-refractivity contribution in [2.45, 2.75) is 18.6 Å². The van der Waals surface area contributed by atoms with E-state index in [0.717, 1.165) is 16.2 Å². The quantitative estimate of drug-likeness (QED) is 0.454. The number of thioether (sulfide) groups is 1. The maximum absolute atomic E-state index is 12.0. The highest BCUT2D eigenvalue weighted by Crippen LogP contribution is 2.23. The molecule has 3 aromatic rings. The van der Waals surface area contributed by atoms with Crippen molar-refractivity contribution in [3.63, 3.8) is 0 Å². The molecule has 136 valence electrons. The maximum atomic E-state index is 12.0. The first-order valence-electron chi connectivity index (χ1n) is 8.03. The molecule has 0 radical (unpaired) electrons. The molecule has 1 amide bonds. The van der Waals surface area contributed by atoms with E-state index in [2.05, 4.69) is 15.5 Å². The van der Waals surface area contributed by atoms with Crippen molar-refractivity contribution in [3.8, 4) is 17.1 Å². The fourth-order valence-corrected chi connectivity index (χ4v) is 3.55. The van der Waals surface area contributed by atoms with Crippen LogP contribution in [0.5, 0.6) is 5.75 Å². The van der Waals surface area contributed by atoms with Gasteiger partial charge in [0.15, 0.2) is 5.82 Å². The van der Waals surface area contributed by atoms with Crippen molar-refractivity contribution < 1.29 is 9.53 Å². The van der Waals surface area contributed by atoms with Crippen LogP contribution in [-0.4, -0.2) is 33.1 Å². The minimum atomic E-state index is -0.0750. The Kier molecular flexibility index (Phi) is 6.13. The number of benzene rings is 1. The number of rotatable bonds is 8. The van der Waals surface area contributed by atoms with E-state index in [4.69, 9.17) is 10.6 Å². The zero-order valence-electron chi connectivity index (χ0n) is 14.2. The van der Waals surface area contributed by atoms with E-state index in [0.29, 0.717) is 24.1 Å². The van der Waals surface area contributed by atoms with Crippen molar-refractivity contribution in [1.82, 2.24) is 20.2 Å². The zero-order chi connectivity index (χ0) is 18.4. The number of aromatic nitrogens is 3. The highest BCUT2D eigenvalue weighted by atomic mass is 32.2. The molecule has 0 aliphatic carbocycles. The van der Waals surface area contributed by atoms with Gasteiger partial charge in [-0.15, -0.1) is 21.5 Å². The van der Waals surface area contributed by atoms with Gasteiger partial charge >= 0.3 is 0 Å². The van der Waals surface area contributed by atoms with Crippen LogP contribution in [0, 0.1) is 0 Å². The number of thiophene rings is 1. The fourth-order valence-electron chi connectivity index (χ4n) is 2.22. The Labute approximate surface area is 159 Å². The van der Waals surface area contributed by atoms with Crippen molar-refractivity contribution >= 4 is 29.0 Å². The van der Waals surface area contributed by atoms with E-state index in [9.17, 15) is 4.79 Å². The highest BCUT2D eigenvalue weighted by Gasteiger charge is 2.14. The molecule has 9 heteroatoms. The molecule has 2 aromatic heterocycles. The molecule has 0 fully saturated rings. The molecule has 1 aromatic carbocycles. The van der Waals surface area contributed by atoms with Gasteiger partial charge in [-0.05, 0) is 42.6 Å². The summed E-state index contributed by atoms with van der Waals surface area (Å²) < 4.78 is 6.82. The van der Waals surface area contributed by atoms with E-state index >= 15 is 0 Å². The number of nitrogens with zero attached hydrogens (tertiary/aromatic N) is 3. The zero-order valence-corrected chi connectivity index (χ0v) is 15.8. The standard InChI is InChI=1S/C17H19N5O2S2/c1-2-24-13-7-5-12(6-8-13)16-20-21-17(22(16)18)26-11-15(23)19-10-14-4-3-9-25-14/h3-9H,2,10-11,18H2,1H3,(H,19,23). The fraction of sp³-hybridized carbons (Fsp3) is 0.235. The summed E-state index contributed by atoms with van der Waals surface area (Å²) in [6.07, 6.45) is 0. The van der Waals surface area contributed by atoms with Crippen LogP contribution >= 0.6 is 23.1 Å². The topological polar surface area (TPSA) is 95.1 Å². The Balaban J connectivity index is 1.57. The number of ether oxygens (including phenoxy) is 1. The van der Waals surface area contributed by atoms with Gasteiger partial charge in [0.05, 0.1) is 18.9 Å². The van der Waals surface area contributed by atoms with Crippen LogP contribution in [0.3, 0.4) is 0 Å². The number of hydrogen-bond acceptors (Lipinski definition) is 7. The number of nitrogen functional groups attached to an aromatic ring is 1. The summed E-state index contributed by atoms with van der Waals surface area (Å²) in [5.41, 5.74) is 0.831. The first kappa shape index (κ1) is 18.3. The molecule has 3 rings (SSSR count). The summed E-state index contributed by atoms with van der Waals surface area (Å²) >= 11 is 2.86. The van der Waals surface area contributed by atoms with Gasteiger partial charge in [0.1, 0.15) is 5.75 Å². The second kappa shape index (κ2) is 8.72. The van der Waals surface area contributed by atoms with Gasteiger partial charge in [-0.25, -0.2) is 4.68 Å². The van der Waals surface area contributed by atoms with Crippen LogP contribution in [0.25, 0.3) is 11.4 Å². The molecule has 0 atom stereocenters. The SMILES string of the molecule is CCOc1ccc(-c2nnc(SCC(=O)NCc3cccs3)n2N)cc1. The van der Waals surface area contributed by atoms with E-state index in [1.54, 1.807) is 11.3 Å². The lowest BCUT2D eigenvalue weighted by Gasteiger charge is -2.06. The first-order valence-corrected chi connectivity index (χ1v) is 9.89. The van der Waals surface area contributed by atoms with Gasteiger partial charge in [0.25, 0.3) is 0 Å². The third-order valence-corrected chi connectivity index (χ3v) is 5.28. The van der Waals surface area contributed by atoms with Crippen molar-refractivity contribution in [3.05, 3.63) is 46.7 Å². The number of carbonyl (C=O) groups is 1. The molecule has 0 aliphatic heterocycles. The highest BCUT2D eigenvalue weighted by molar-refractivity contribution is 7.99. The minimum absolute atomic E-state index is 0.0750. The smallest absolute Gasteiger partial charge is 0.230 e. The molecule has 0 unspecified atom stereocenters. The van der Waals surface area contributed by atoms with Gasteiger partial charge in [-0.3, -0.25) is 4.79 Å². The van der Waals surface area contributed by atoms with Crippen molar-refractivity contribution in [1.29, 1.82) is 0 Å². The van der Waals surface area contributed by atoms with Gasteiger partial charge in [0, 0.05) is 10.4 Å². The van der Waals surface area contributed by atoms with E-state index in [-0.39, 0.29) is 11.7 Å². The lowest BCUT2D eigenvalue weighted by Crippen LogP contribution is -2.24. The molecule has 2 heterocycles. The molecule has 0 saturated heterocycles. The van der Waals surface area contributed by atoms with Gasteiger partial charge in [-0.1, -0.05) is 17.8 Å². The molecule has 0 aliphatic rings. The largest absolute Gasteiger partial charge is 0.494 e. The van der Waals surface area contributed by atoms with Crippen LogP contribution in [-0.2, 0) is 11.3 Å². The second-order valence-electron chi connectivity index (χ2n) is 5.28. The molecule has 0 saturated carbocycles. The summed E-state index contributed by atoms with van der Waals surface area (Å²) in [7, 11) is 0. The Bertz CT molecular complexity index is 847.